The number of cyclic esters (lactones) is 1. The van der Waals surface area contributed by atoms with Crippen molar-refractivity contribution >= 4 is 67.0 Å². The second-order valence-electron chi connectivity index (χ2n) is 9.59. The molecule has 1 aromatic carbocycles. The molecular formula is C22H26AsCl2FN2O5. The topological polar surface area (TPSA) is 76.2 Å². The Morgan fingerprint density at radius 3 is 2.48 bits per heavy atom. The molecule has 0 spiro atoms. The number of halogens is 3. The van der Waals surface area contributed by atoms with Crippen LogP contribution in [0.2, 0.25) is 5.21 Å². The molecule has 2 heterocycles. The number of amides is 1. The first-order valence-corrected chi connectivity index (χ1v) is 14.2. The average Bonchev–Trinajstić information content (AvgIpc) is 3.03. The van der Waals surface area contributed by atoms with Crippen LogP contribution in [0.15, 0.2) is 18.2 Å². The van der Waals surface area contributed by atoms with E-state index in [2.05, 4.69) is 0 Å². The molecule has 0 N–H and O–H groups in total. The predicted octanol–water partition coefficient (Wildman–Crippen LogP) is 3.36. The molecule has 1 aliphatic carbocycles. The number of nitrogens with zero attached hydrogens (tertiary/aromatic N) is 2. The molecule has 1 aromatic rings. The summed E-state index contributed by atoms with van der Waals surface area (Å²) in [5, 5.41) is 0.424. The van der Waals surface area contributed by atoms with Crippen molar-refractivity contribution in [2.24, 2.45) is 17.8 Å². The van der Waals surface area contributed by atoms with Crippen LogP contribution in [-0.2, 0) is 19.1 Å². The maximum absolute atomic E-state index is 15.0. The van der Waals surface area contributed by atoms with E-state index in [-0.39, 0.29) is 34.8 Å². The molecular weight excluding hydrogens is 537 g/mol. The van der Waals surface area contributed by atoms with Crippen molar-refractivity contribution in [1.29, 1.82) is 0 Å². The molecule has 3 fully saturated rings. The van der Waals surface area contributed by atoms with E-state index in [1.54, 1.807) is 12.1 Å². The summed E-state index contributed by atoms with van der Waals surface area (Å²) in [6.45, 7) is 6.98. The third-order valence-corrected chi connectivity index (χ3v) is 9.92. The van der Waals surface area contributed by atoms with E-state index in [4.69, 9.17) is 32.7 Å². The number of esters is 1. The Hall–Kier alpha value is -1.50. The number of carbonyl (C=O) groups excluding carboxylic acids is 3. The summed E-state index contributed by atoms with van der Waals surface area (Å²) in [6.07, 6.45) is -1.01. The third-order valence-electron chi connectivity index (χ3n) is 6.03. The number of hydrogen-bond donors (Lipinski definition) is 0. The third kappa shape index (κ3) is 5.44. The standard InChI is InChI=1S/C22H26AsCl2FN2O5/c1-22(2,3)33-20(30)17-13-9-27(10-14(13)17)16-5-4-11(6-15(16)26)28-8-12(32-21(28)31)7-23-18(29)19(24)25/h4-6,12-14,17,19,23H,7-10H2,1-3H3/t12-,13-,14+,17?/m1/s1. The number of ether oxygens (including phenoxy) is 2. The summed E-state index contributed by atoms with van der Waals surface area (Å²) in [6, 6.07) is 4.66. The fourth-order valence-corrected chi connectivity index (χ4v) is 6.96. The molecule has 2 aliphatic heterocycles. The number of anilines is 2. The normalized spacial score (nSPS) is 26.8. The first-order valence-electron chi connectivity index (χ1n) is 10.8. The van der Waals surface area contributed by atoms with Gasteiger partial charge in [-0.25, -0.2) is 0 Å². The first-order chi connectivity index (χ1) is 15.4. The van der Waals surface area contributed by atoms with Crippen LogP contribution in [0.5, 0.6) is 0 Å². The van der Waals surface area contributed by atoms with Gasteiger partial charge in [-0.1, -0.05) is 0 Å². The molecule has 2 saturated heterocycles. The monoisotopic (exact) mass is 562 g/mol. The van der Waals surface area contributed by atoms with Crippen LogP contribution in [0.1, 0.15) is 20.8 Å². The van der Waals surface area contributed by atoms with Gasteiger partial charge in [-0.3, -0.25) is 4.79 Å². The van der Waals surface area contributed by atoms with Crippen LogP contribution in [0, 0.1) is 23.6 Å². The molecule has 7 nitrogen and oxygen atoms in total. The van der Waals surface area contributed by atoms with Crippen LogP contribution >= 0.6 is 23.2 Å². The van der Waals surface area contributed by atoms with Gasteiger partial charge in [-0.2, -0.15) is 0 Å². The van der Waals surface area contributed by atoms with E-state index >= 15 is 0 Å². The number of hydrogen-bond acceptors (Lipinski definition) is 6. The molecule has 33 heavy (non-hydrogen) atoms. The van der Waals surface area contributed by atoms with Crippen LogP contribution in [0.25, 0.3) is 0 Å². The van der Waals surface area contributed by atoms with Crippen molar-refractivity contribution in [3.05, 3.63) is 24.0 Å². The summed E-state index contributed by atoms with van der Waals surface area (Å²) in [5.74, 6) is -0.357. The summed E-state index contributed by atoms with van der Waals surface area (Å²) in [7, 11) is 0. The predicted molar refractivity (Wildman–Crippen MR) is 125 cm³/mol. The van der Waals surface area contributed by atoms with E-state index in [9.17, 15) is 18.8 Å². The molecule has 1 saturated carbocycles. The Labute approximate surface area is 208 Å². The van der Waals surface area contributed by atoms with Crippen molar-refractivity contribution in [2.75, 3.05) is 29.4 Å². The van der Waals surface area contributed by atoms with E-state index < -0.39 is 44.2 Å². The fraction of sp³-hybridized carbons (Fsp3) is 0.591. The Morgan fingerprint density at radius 1 is 1.24 bits per heavy atom. The van der Waals surface area contributed by atoms with E-state index in [0.717, 1.165) is 0 Å². The summed E-state index contributed by atoms with van der Waals surface area (Å²) in [5.41, 5.74) is 0.337. The molecule has 0 bridgehead atoms. The average molecular weight is 563 g/mol. The quantitative estimate of drug-likeness (QED) is 0.288. The molecule has 3 aliphatic rings. The first kappa shape index (κ1) is 24.6. The molecule has 2 unspecified atom stereocenters. The summed E-state index contributed by atoms with van der Waals surface area (Å²) in [4.78, 5) is 38.5. The number of benzene rings is 1. The Bertz CT molecular complexity index is 961. The zero-order valence-electron chi connectivity index (χ0n) is 18.5. The zero-order chi connectivity index (χ0) is 24.1. The van der Waals surface area contributed by atoms with Gasteiger partial charge in [0.15, 0.2) is 0 Å². The summed E-state index contributed by atoms with van der Waals surface area (Å²) >= 11 is 10.0. The van der Waals surface area contributed by atoms with Gasteiger partial charge in [0.2, 0.25) is 0 Å². The number of rotatable bonds is 7. The van der Waals surface area contributed by atoms with E-state index in [1.165, 1.54) is 11.0 Å². The van der Waals surface area contributed by atoms with E-state index in [1.807, 2.05) is 25.7 Å². The minimum absolute atomic E-state index is 0.109. The van der Waals surface area contributed by atoms with Crippen LogP contribution in [-0.4, -0.2) is 68.6 Å². The number of piperidine rings is 1. The van der Waals surface area contributed by atoms with Crippen LogP contribution < -0.4 is 9.80 Å². The van der Waals surface area contributed by atoms with Crippen molar-refractivity contribution in [3.8, 4) is 0 Å². The molecule has 1 amide bonds. The second kappa shape index (κ2) is 9.27. The van der Waals surface area contributed by atoms with Gasteiger partial charge in [0.1, 0.15) is 5.60 Å². The van der Waals surface area contributed by atoms with Gasteiger partial charge in [-0.05, 0) is 20.8 Å². The van der Waals surface area contributed by atoms with Crippen LogP contribution in [0.3, 0.4) is 0 Å². The van der Waals surface area contributed by atoms with Crippen molar-refractivity contribution in [1.82, 2.24) is 0 Å². The van der Waals surface area contributed by atoms with Gasteiger partial charge < -0.3 is 4.74 Å². The number of alkyl halides is 2. The zero-order valence-corrected chi connectivity index (χ0v) is 22.1. The molecule has 0 radical (unpaired) electrons. The van der Waals surface area contributed by atoms with Crippen molar-refractivity contribution < 1.29 is 28.2 Å². The van der Waals surface area contributed by atoms with Crippen molar-refractivity contribution in [2.45, 2.75) is 42.5 Å². The van der Waals surface area contributed by atoms with Gasteiger partial charge >= 0.3 is 173 Å². The van der Waals surface area contributed by atoms with Gasteiger partial charge in [0.25, 0.3) is 0 Å². The second-order valence-corrected chi connectivity index (χ2v) is 13.3. The summed E-state index contributed by atoms with van der Waals surface area (Å²) < 4.78 is 25.6. The Balaban J connectivity index is 1.34. The Kier molecular flexibility index (Phi) is 6.92. The molecule has 180 valence electrons. The molecule has 11 heteroatoms. The fourth-order valence-electron chi connectivity index (χ4n) is 4.49. The molecule has 5 atom stereocenters. The SMILES string of the molecule is CC(C)(C)OC(=O)C1[C@H]2CN(c3ccc(N4C[C@@H](C[AsH]C(=O)C(Cl)Cl)OC4=O)cc3F)C[C@@H]12. The van der Waals surface area contributed by atoms with Gasteiger partial charge in [0.05, 0.1) is 0 Å². The van der Waals surface area contributed by atoms with Gasteiger partial charge in [-0.15, -0.1) is 0 Å². The molecule has 4 rings (SSSR count). The van der Waals surface area contributed by atoms with Crippen LogP contribution in [0.4, 0.5) is 20.6 Å². The van der Waals surface area contributed by atoms with Crippen molar-refractivity contribution in [3.63, 3.8) is 0 Å². The number of carbonyl (C=O) groups is 3. The Morgan fingerprint density at radius 2 is 1.91 bits per heavy atom. The number of fused-ring (bicyclic) bond motifs is 1. The minimum atomic E-state index is -1.10. The maximum atomic E-state index is 15.0. The molecule has 0 aromatic heterocycles. The van der Waals surface area contributed by atoms with Gasteiger partial charge in [0, 0.05) is 0 Å². The van der Waals surface area contributed by atoms with E-state index in [0.29, 0.717) is 29.7 Å².